The van der Waals surface area contributed by atoms with Crippen LogP contribution in [-0.2, 0) is 16.0 Å². The molecular formula is C18H21NO5. The predicted molar refractivity (Wildman–Crippen MR) is 89.3 cm³/mol. The third-order valence-electron chi connectivity index (χ3n) is 4.15. The second-order valence-electron chi connectivity index (χ2n) is 6.50. The quantitative estimate of drug-likeness (QED) is 0.685. The minimum absolute atomic E-state index is 0.0731. The fraction of sp³-hybridized carbons (Fsp3) is 0.444. The van der Waals surface area contributed by atoms with Gasteiger partial charge in [-0.2, -0.15) is 0 Å². The lowest BCUT2D eigenvalue weighted by atomic mass is 9.90. The Balaban J connectivity index is 1.81. The molecule has 0 aliphatic carbocycles. The fourth-order valence-electron chi connectivity index (χ4n) is 2.88. The molecule has 6 heteroatoms. The van der Waals surface area contributed by atoms with E-state index in [-0.39, 0.29) is 17.6 Å². The summed E-state index contributed by atoms with van der Waals surface area (Å²) in [5, 5.41) is 3.57. The van der Waals surface area contributed by atoms with Crippen LogP contribution in [0.1, 0.15) is 26.3 Å². The molecule has 1 atom stereocenters. The lowest BCUT2D eigenvalue weighted by Crippen LogP contribution is -2.48. The van der Waals surface area contributed by atoms with Gasteiger partial charge in [-0.05, 0) is 31.5 Å². The molecule has 1 aromatic carbocycles. The molecule has 128 valence electrons. The molecule has 0 radical (unpaired) electrons. The number of carbonyl (C=O) groups excluding carboxylic acids is 1. The summed E-state index contributed by atoms with van der Waals surface area (Å²) in [4.78, 5) is 22.3. The van der Waals surface area contributed by atoms with E-state index < -0.39 is 5.60 Å². The number of hydrogen-bond donors (Lipinski definition) is 1. The topological polar surface area (TPSA) is 77.8 Å². The summed E-state index contributed by atoms with van der Waals surface area (Å²) in [5.74, 6) is 0.639. The standard InChI is InChI=1S/C18H21NO5/c1-11(20)19-6-7-22-16-9-13-8-12-4-5-17(21)23-14(12)10-15(13)24-18(16,2)3/h4-5,8,10,16H,6-7,9H2,1-3H3,(H,19,20)/t16-/m0/s1. The Bertz CT molecular complexity index is 824. The molecule has 0 unspecified atom stereocenters. The monoisotopic (exact) mass is 331 g/mol. The van der Waals surface area contributed by atoms with Crippen LogP contribution in [0.2, 0.25) is 0 Å². The molecule has 6 nitrogen and oxygen atoms in total. The van der Waals surface area contributed by atoms with Crippen LogP contribution < -0.4 is 15.7 Å². The van der Waals surface area contributed by atoms with Gasteiger partial charge < -0.3 is 19.2 Å². The maximum atomic E-state index is 11.4. The summed E-state index contributed by atoms with van der Waals surface area (Å²) in [7, 11) is 0. The van der Waals surface area contributed by atoms with Crippen molar-refractivity contribution in [3.05, 3.63) is 40.2 Å². The molecule has 1 aliphatic rings. The average Bonchev–Trinajstić information content (AvgIpc) is 2.49. The third-order valence-corrected chi connectivity index (χ3v) is 4.15. The van der Waals surface area contributed by atoms with Crippen molar-refractivity contribution in [2.24, 2.45) is 0 Å². The molecule has 2 heterocycles. The van der Waals surface area contributed by atoms with Crippen molar-refractivity contribution < 1.29 is 18.7 Å². The van der Waals surface area contributed by atoms with Crippen molar-refractivity contribution in [1.82, 2.24) is 5.32 Å². The van der Waals surface area contributed by atoms with E-state index in [1.54, 1.807) is 12.1 Å². The Morgan fingerprint density at radius 2 is 2.17 bits per heavy atom. The second-order valence-corrected chi connectivity index (χ2v) is 6.50. The Morgan fingerprint density at radius 1 is 1.38 bits per heavy atom. The van der Waals surface area contributed by atoms with Crippen molar-refractivity contribution in [3.63, 3.8) is 0 Å². The Labute approximate surface area is 139 Å². The van der Waals surface area contributed by atoms with Gasteiger partial charge in [0.05, 0.1) is 6.61 Å². The van der Waals surface area contributed by atoms with Gasteiger partial charge in [0.25, 0.3) is 0 Å². The number of amides is 1. The first-order valence-electron chi connectivity index (χ1n) is 7.97. The highest BCUT2D eigenvalue weighted by Gasteiger charge is 2.38. The first-order valence-corrected chi connectivity index (χ1v) is 7.97. The van der Waals surface area contributed by atoms with E-state index >= 15 is 0 Å². The molecule has 0 saturated carbocycles. The van der Waals surface area contributed by atoms with Gasteiger partial charge in [0.15, 0.2) is 0 Å². The molecule has 1 amide bonds. The van der Waals surface area contributed by atoms with Gasteiger partial charge in [-0.15, -0.1) is 0 Å². The van der Waals surface area contributed by atoms with Crippen molar-refractivity contribution in [2.75, 3.05) is 13.2 Å². The highest BCUT2D eigenvalue weighted by atomic mass is 16.6. The van der Waals surface area contributed by atoms with Crippen LogP contribution in [0.25, 0.3) is 11.0 Å². The van der Waals surface area contributed by atoms with E-state index in [9.17, 15) is 9.59 Å². The Kier molecular flexibility index (Phi) is 4.32. The van der Waals surface area contributed by atoms with Crippen LogP contribution in [0.5, 0.6) is 5.75 Å². The molecule has 0 saturated heterocycles. The number of rotatable bonds is 4. The lowest BCUT2D eigenvalue weighted by Gasteiger charge is -2.39. The van der Waals surface area contributed by atoms with E-state index in [4.69, 9.17) is 13.9 Å². The number of carbonyl (C=O) groups is 1. The van der Waals surface area contributed by atoms with E-state index in [0.29, 0.717) is 30.9 Å². The third kappa shape index (κ3) is 3.43. The average molecular weight is 331 g/mol. The van der Waals surface area contributed by atoms with Crippen LogP contribution in [0.3, 0.4) is 0 Å². The number of ether oxygens (including phenoxy) is 2. The van der Waals surface area contributed by atoms with E-state index in [1.165, 1.54) is 13.0 Å². The van der Waals surface area contributed by atoms with Crippen molar-refractivity contribution in [3.8, 4) is 5.75 Å². The summed E-state index contributed by atoms with van der Waals surface area (Å²) >= 11 is 0. The number of benzene rings is 1. The smallest absolute Gasteiger partial charge is 0.336 e. The molecule has 24 heavy (non-hydrogen) atoms. The van der Waals surface area contributed by atoms with E-state index in [2.05, 4.69) is 5.32 Å². The van der Waals surface area contributed by atoms with Crippen LogP contribution >= 0.6 is 0 Å². The SMILES string of the molecule is CC(=O)NCCO[C@H]1Cc2cc3ccc(=O)oc3cc2OC1(C)C. The number of hydrogen-bond acceptors (Lipinski definition) is 5. The Morgan fingerprint density at radius 3 is 2.92 bits per heavy atom. The minimum Gasteiger partial charge on any atom is -0.485 e. The van der Waals surface area contributed by atoms with Gasteiger partial charge >= 0.3 is 5.63 Å². The Hall–Kier alpha value is -2.34. The zero-order chi connectivity index (χ0) is 17.3. The normalized spacial score (nSPS) is 18.7. The molecular weight excluding hydrogens is 310 g/mol. The first kappa shape index (κ1) is 16.5. The van der Waals surface area contributed by atoms with E-state index in [1.807, 2.05) is 19.9 Å². The summed E-state index contributed by atoms with van der Waals surface area (Å²) in [6.45, 7) is 6.30. The predicted octanol–water partition coefficient (Wildman–Crippen LogP) is 2.03. The van der Waals surface area contributed by atoms with Gasteiger partial charge in [-0.1, -0.05) is 0 Å². The molecule has 0 bridgehead atoms. The van der Waals surface area contributed by atoms with Crippen molar-refractivity contribution >= 4 is 16.9 Å². The van der Waals surface area contributed by atoms with Crippen molar-refractivity contribution in [1.29, 1.82) is 0 Å². The van der Waals surface area contributed by atoms with Gasteiger partial charge in [-0.3, -0.25) is 4.79 Å². The zero-order valence-electron chi connectivity index (χ0n) is 14.0. The molecule has 0 fully saturated rings. The zero-order valence-corrected chi connectivity index (χ0v) is 14.0. The molecule has 3 rings (SSSR count). The number of fused-ring (bicyclic) bond motifs is 2. The van der Waals surface area contributed by atoms with Crippen LogP contribution in [0, 0.1) is 0 Å². The van der Waals surface area contributed by atoms with Gasteiger partial charge in [-0.25, -0.2) is 4.79 Å². The van der Waals surface area contributed by atoms with Crippen LogP contribution in [0.15, 0.2) is 33.5 Å². The molecule has 0 spiro atoms. The second kappa shape index (κ2) is 6.28. The molecule has 1 N–H and O–H groups in total. The summed E-state index contributed by atoms with van der Waals surface area (Å²) in [6, 6.07) is 6.88. The highest BCUT2D eigenvalue weighted by Crippen LogP contribution is 2.37. The van der Waals surface area contributed by atoms with Gasteiger partial charge in [0, 0.05) is 37.4 Å². The molecule has 2 aromatic rings. The fourth-order valence-corrected chi connectivity index (χ4v) is 2.88. The summed E-state index contributed by atoms with van der Waals surface area (Å²) in [5.41, 5.74) is 0.630. The lowest BCUT2D eigenvalue weighted by molar-refractivity contribution is -0.120. The largest absolute Gasteiger partial charge is 0.485 e. The van der Waals surface area contributed by atoms with Gasteiger partial charge in [0.2, 0.25) is 5.91 Å². The molecule has 1 aromatic heterocycles. The van der Waals surface area contributed by atoms with Crippen molar-refractivity contribution in [2.45, 2.75) is 38.9 Å². The van der Waals surface area contributed by atoms with E-state index in [0.717, 1.165) is 10.9 Å². The molecule has 1 aliphatic heterocycles. The van der Waals surface area contributed by atoms with Gasteiger partial charge in [0.1, 0.15) is 23.0 Å². The highest BCUT2D eigenvalue weighted by molar-refractivity contribution is 5.79. The maximum Gasteiger partial charge on any atom is 0.336 e. The maximum absolute atomic E-state index is 11.4. The summed E-state index contributed by atoms with van der Waals surface area (Å²) in [6.07, 6.45) is 0.559. The van der Waals surface area contributed by atoms with Crippen LogP contribution in [-0.4, -0.2) is 30.8 Å². The van der Waals surface area contributed by atoms with Crippen LogP contribution in [0.4, 0.5) is 0 Å². The summed E-state index contributed by atoms with van der Waals surface area (Å²) < 4.78 is 17.2. The first-order chi connectivity index (χ1) is 11.3. The number of nitrogens with one attached hydrogen (secondary N) is 1. The minimum atomic E-state index is -0.522.